The quantitative estimate of drug-likeness (QED) is 0.740. The lowest BCUT2D eigenvalue weighted by molar-refractivity contribution is -0.140. The molecule has 0 radical (unpaired) electrons. The summed E-state index contributed by atoms with van der Waals surface area (Å²) in [7, 11) is 4.00. The molecule has 0 aliphatic carbocycles. The Balaban J connectivity index is 2.81. The summed E-state index contributed by atoms with van der Waals surface area (Å²) >= 11 is 0. The summed E-state index contributed by atoms with van der Waals surface area (Å²) in [6.45, 7) is 6.20. The standard InChI is InChI=1S/C13H24N2O2/c1-6-9(2)13(17)15-8-11(14(4)5)7-12(15)10(3)16/h9,11-12H,6-8H2,1-5H3. The van der Waals surface area contributed by atoms with E-state index in [2.05, 4.69) is 4.90 Å². The molecule has 1 fully saturated rings. The molecule has 0 N–H and O–H groups in total. The SMILES string of the molecule is CCC(C)C(=O)N1CC(N(C)C)CC1C(C)=O. The molecule has 3 atom stereocenters. The molecule has 1 heterocycles. The highest BCUT2D eigenvalue weighted by atomic mass is 16.2. The molecule has 1 saturated heterocycles. The molecule has 1 aliphatic rings. The van der Waals surface area contributed by atoms with Crippen molar-refractivity contribution < 1.29 is 9.59 Å². The zero-order chi connectivity index (χ0) is 13.2. The number of rotatable bonds is 4. The van der Waals surface area contributed by atoms with Crippen molar-refractivity contribution in [2.75, 3.05) is 20.6 Å². The average Bonchev–Trinajstić information content (AvgIpc) is 2.71. The number of carbonyl (C=O) groups is 2. The van der Waals surface area contributed by atoms with E-state index in [0.29, 0.717) is 12.6 Å². The van der Waals surface area contributed by atoms with E-state index in [-0.39, 0.29) is 23.7 Å². The molecule has 0 aromatic carbocycles. The topological polar surface area (TPSA) is 40.6 Å². The van der Waals surface area contributed by atoms with Crippen molar-refractivity contribution in [1.29, 1.82) is 0 Å². The molecular formula is C13H24N2O2. The van der Waals surface area contributed by atoms with Gasteiger partial charge in [-0.2, -0.15) is 0 Å². The minimum absolute atomic E-state index is 0.0118. The molecule has 0 bridgehead atoms. The van der Waals surface area contributed by atoms with Crippen molar-refractivity contribution in [3.05, 3.63) is 0 Å². The van der Waals surface area contributed by atoms with Crippen molar-refractivity contribution in [2.24, 2.45) is 5.92 Å². The van der Waals surface area contributed by atoms with Gasteiger partial charge in [0.15, 0.2) is 5.78 Å². The van der Waals surface area contributed by atoms with E-state index < -0.39 is 0 Å². The molecule has 0 aromatic heterocycles. The molecular weight excluding hydrogens is 216 g/mol. The van der Waals surface area contributed by atoms with Gasteiger partial charge in [0.25, 0.3) is 0 Å². The fraction of sp³-hybridized carbons (Fsp3) is 0.846. The van der Waals surface area contributed by atoms with Gasteiger partial charge in [-0.05, 0) is 33.9 Å². The summed E-state index contributed by atoms with van der Waals surface area (Å²) in [5.41, 5.74) is 0. The van der Waals surface area contributed by atoms with Crippen LogP contribution in [0.1, 0.15) is 33.6 Å². The van der Waals surface area contributed by atoms with Crippen LogP contribution in [0.5, 0.6) is 0 Å². The van der Waals surface area contributed by atoms with Gasteiger partial charge in [-0.25, -0.2) is 0 Å². The van der Waals surface area contributed by atoms with Crippen LogP contribution in [0.2, 0.25) is 0 Å². The molecule has 1 rings (SSSR count). The zero-order valence-electron chi connectivity index (χ0n) is 11.6. The van der Waals surface area contributed by atoms with Crippen LogP contribution in [0.3, 0.4) is 0 Å². The van der Waals surface area contributed by atoms with E-state index in [1.807, 2.05) is 27.9 Å². The highest BCUT2D eigenvalue weighted by molar-refractivity contribution is 5.89. The van der Waals surface area contributed by atoms with E-state index in [4.69, 9.17) is 0 Å². The number of amides is 1. The number of likely N-dealkylation sites (N-methyl/N-ethyl adjacent to an activating group) is 1. The lowest BCUT2D eigenvalue weighted by Crippen LogP contribution is -2.42. The molecule has 4 heteroatoms. The van der Waals surface area contributed by atoms with Crippen LogP contribution in [-0.4, -0.2) is 54.2 Å². The summed E-state index contributed by atoms with van der Waals surface area (Å²) in [4.78, 5) is 27.7. The van der Waals surface area contributed by atoms with Gasteiger partial charge in [0.2, 0.25) is 5.91 Å². The normalized spacial score (nSPS) is 26.4. The first-order valence-corrected chi connectivity index (χ1v) is 6.35. The second-order valence-electron chi connectivity index (χ2n) is 5.28. The smallest absolute Gasteiger partial charge is 0.226 e. The Morgan fingerprint density at radius 1 is 1.41 bits per heavy atom. The van der Waals surface area contributed by atoms with Crippen LogP contribution in [0.4, 0.5) is 0 Å². The minimum Gasteiger partial charge on any atom is -0.331 e. The Morgan fingerprint density at radius 2 is 2.00 bits per heavy atom. The fourth-order valence-corrected chi connectivity index (χ4v) is 2.27. The predicted octanol–water partition coefficient (Wildman–Crippen LogP) is 1.15. The van der Waals surface area contributed by atoms with E-state index in [0.717, 1.165) is 12.8 Å². The Labute approximate surface area is 104 Å². The number of nitrogens with zero attached hydrogens (tertiary/aromatic N) is 2. The zero-order valence-corrected chi connectivity index (χ0v) is 11.6. The highest BCUT2D eigenvalue weighted by Gasteiger charge is 2.39. The van der Waals surface area contributed by atoms with E-state index in [1.165, 1.54) is 0 Å². The number of carbonyl (C=O) groups excluding carboxylic acids is 2. The van der Waals surface area contributed by atoms with Crippen molar-refractivity contribution in [1.82, 2.24) is 9.80 Å². The fourth-order valence-electron chi connectivity index (χ4n) is 2.27. The second kappa shape index (κ2) is 5.63. The van der Waals surface area contributed by atoms with Gasteiger partial charge in [-0.15, -0.1) is 0 Å². The number of ketones is 1. The first-order valence-electron chi connectivity index (χ1n) is 6.35. The van der Waals surface area contributed by atoms with Crippen molar-refractivity contribution in [3.8, 4) is 0 Å². The highest BCUT2D eigenvalue weighted by Crippen LogP contribution is 2.24. The van der Waals surface area contributed by atoms with E-state index in [9.17, 15) is 9.59 Å². The predicted molar refractivity (Wildman–Crippen MR) is 67.7 cm³/mol. The Bertz CT molecular complexity index is 302. The first kappa shape index (κ1) is 14.2. The molecule has 98 valence electrons. The van der Waals surface area contributed by atoms with E-state index in [1.54, 1.807) is 11.8 Å². The third-order valence-electron chi connectivity index (χ3n) is 3.80. The third-order valence-corrected chi connectivity index (χ3v) is 3.80. The van der Waals surface area contributed by atoms with Gasteiger partial charge < -0.3 is 9.80 Å². The first-order chi connectivity index (χ1) is 7.88. The number of hydrogen-bond donors (Lipinski definition) is 0. The van der Waals surface area contributed by atoms with E-state index >= 15 is 0 Å². The van der Waals surface area contributed by atoms with Crippen LogP contribution in [0, 0.1) is 5.92 Å². The largest absolute Gasteiger partial charge is 0.331 e. The summed E-state index contributed by atoms with van der Waals surface area (Å²) in [6, 6.07) is 0.0841. The van der Waals surface area contributed by atoms with Crippen molar-refractivity contribution >= 4 is 11.7 Å². The molecule has 17 heavy (non-hydrogen) atoms. The Kier molecular flexibility index (Phi) is 4.69. The number of hydrogen-bond acceptors (Lipinski definition) is 3. The summed E-state index contributed by atoms with van der Waals surface area (Å²) < 4.78 is 0. The maximum absolute atomic E-state index is 12.2. The van der Waals surface area contributed by atoms with Gasteiger partial charge in [0, 0.05) is 18.5 Å². The van der Waals surface area contributed by atoms with Crippen molar-refractivity contribution in [2.45, 2.75) is 45.7 Å². The molecule has 0 saturated carbocycles. The Morgan fingerprint density at radius 3 is 2.41 bits per heavy atom. The van der Waals surface area contributed by atoms with Gasteiger partial charge in [-0.1, -0.05) is 13.8 Å². The lowest BCUT2D eigenvalue weighted by atomic mass is 10.1. The lowest BCUT2D eigenvalue weighted by Gasteiger charge is -2.25. The van der Waals surface area contributed by atoms with Crippen LogP contribution in [0.25, 0.3) is 0 Å². The summed E-state index contributed by atoms with van der Waals surface area (Å²) in [5, 5.41) is 0. The van der Waals surface area contributed by atoms with Crippen molar-refractivity contribution in [3.63, 3.8) is 0 Å². The summed E-state index contributed by atoms with van der Waals surface area (Å²) in [5.74, 6) is 0.237. The molecule has 4 nitrogen and oxygen atoms in total. The van der Waals surface area contributed by atoms with Crippen LogP contribution in [0.15, 0.2) is 0 Å². The van der Waals surface area contributed by atoms with Gasteiger partial charge in [-0.3, -0.25) is 9.59 Å². The minimum atomic E-state index is -0.219. The molecule has 0 aromatic rings. The second-order valence-corrected chi connectivity index (χ2v) is 5.28. The average molecular weight is 240 g/mol. The molecule has 3 unspecified atom stereocenters. The molecule has 1 amide bonds. The maximum atomic E-state index is 12.2. The third kappa shape index (κ3) is 3.06. The molecule has 1 aliphatic heterocycles. The van der Waals surface area contributed by atoms with Gasteiger partial charge in [0.1, 0.15) is 0 Å². The van der Waals surface area contributed by atoms with Gasteiger partial charge in [0.05, 0.1) is 6.04 Å². The number of likely N-dealkylation sites (tertiary alicyclic amines) is 1. The maximum Gasteiger partial charge on any atom is 0.226 e. The Hall–Kier alpha value is -0.900. The van der Waals surface area contributed by atoms with Gasteiger partial charge >= 0.3 is 0 Å². The van der Waals surface area contributed by atoms with Crippen LogP contribution in [-0.2, 0) is 9.59 Å². The van der Waals surface area contributed by atoms with Crippen LogP contribution < -0.4 is 0 Å². The van der Waals surface area contributed by atoms with Crippen LogP contribution >= 0.6 is 0 Å². The monoisotopic (exact) mass is 240 g/mol. The number of Topliss-reactive ketones (excluding diaryl/α,β-unsaturated/α-hetero) is 1. The molecule has 0 spiro atoms. The summed E-state index contributed by atoms with van der Waals surface area (Å²) in [6.07, 6.45) is 1.59.